The fraction of sp³-hybridized carbons (Fsp3) is 0.385. The summed E-state index contributed by atoms with van der Waals surface area (Å²) in [5.41, 5.74) is 0.158. The number of hydrogen-bond acceptors (Lipinski definition) is 6. The Bertz CT molecular complexity index is 561. The third-order valence-corrected chi connectivity index (χ3v) is 2.62. The summed E-state index contributed by atoms with van der Waals surface area (Å²) in [6.07, 6.45) is 0.755. The van der Waals surface area contributed by atoms with Gasteiger partial charge in [-0.2, -0.15) is 0 Å². The maximum Gasteiger partial charge on any atom is 0.321 e. The number of methoxy groups -OCH3 is 1. The first-order valence-electron chi connectivity index (χ1n) is 6.62. The van der Waals surface area contributed by atoms with Gasteiger partial charge in [-0.3, -0.25) is 20.2 Å². The Kier molecular flexibility index (Phi) is 6.61. The van der Waals surface area contributed by atoms with Crippen molar-refractivity contribution < 1.29 is 19.2 Å². The Morgan fingerprint density at radius 2 is 2.09 bits per heavy atom. The number of non-ortho nitro benzene ring substituents is 1. The minimum atomic E-state index is -0.584. The maximum absolute atomic E-state index is 11.6. The molecule has 0 saturated heterocycles. The number of ether oxygens (including phenoxy) is 1. The van der Waals surface area contributed by atoms with Crippen molar-refractivity contribution in [2.75, 3.05) is 25.5 Å². The minimum Gasteiger partial charge on any atom is -0.495 e. The van der Waals surface area contributed by atoms with Crippen LogP contribution in [0.5, 0.6) is 5.75 Å². The zero-order valence-electron chi connectivity index (χ0n) is 12.3. The van der Waals surface area contributed by atoms with Gasteiger partial charge in [-0.25, -0.2) is 4.79 Å². The van der Waals surface area contributed by atoms with Crippen LogP contribution in [0.25, 0.3) is 0 Å². The van der Waals surface area contributed by atoms with Crippen LogP contribution in [-0.4, -0.2) is 37.1 Å². The number of benzene rings is 1. The van der Waals surface area contributed by atoms with E-state index in [1.807, 2.05) is 6.92 Å². The number of anilines is 1. The Labute approximate surface area is 127 Å². The molecular weight excluding hydrogens is 292 g/mol. The first kappa shape index (κ1) is 17.2. The molecule has 0 aliphatic heterocycles. The van der Waals surface area contributed by atoms with Gasteiger partial charge in [-0.15, -0.1) is 0 Å². The molecule has 0 aliphatic rings. The van der Waals surface area contributed by atoms with Gasteiger partial charge in [-0.1, -0.05) is 6.92 Å². The van der Waals surface area contributed by atoms with Crippen LogP contribution in [0.15, 0.2) is 18.2 Å². The highest BCUT2D eigenvalue weighted by atomic mass is 16.6. The summed E-state index contributed by atoms with van der Waals surface area (Å²) in [4.78, 5) is 33.1. The molecule has 120 valence electrons. The number of nitrogens with one attached hydrogen (secondary N) is 3. The molecular formula is C13H18N4O5. The lowest BCUT2D eigenvalue weighted by molar-refractivity contribution is -0.384. The largest absolute Gasteiger partial charge is 0.495 e. The van der Waals surface area contributed by atoms with E-state index >= 15 is 0 Å². The first-order valence-corrected chi connectivity index (χ1v) is 6.62. The van der Waals surface area contributed by atoms with Crippen LogP contribution in [0.2, 0.25) is 0 Å². The van der Waals surface area contributed by atoms with Crippen LogP contribution in [0.1, 0.15) is 13.3 Å². The normalized spacial score (nSPS) is 9.73. The topological polar surface area (TPSA) is 123 Å². The number of carbonyl (C=O) groups is 2. The van der Waals surface area contributed by atoms with Gasteiger partial charge in [0.25, 0.3) is 5.69 Å². The van der Waals surface area contributed by atoms with Gasteiger partial charge in [0.15, 0.2) is 0 Å². The van der Waals surface area contributed by atoms with E-state index in [4.69, 9.17) is 4.74 Å². The summed E-state index contributed by atoms with van der Waals surface area (Å²) < 4.78 is 5.05. The van der Waals surface area contributed by atoms with Crippen molar-refractivity contribution in [3.05, 3.63) is 28.3 Å². The zero-order valence-corrected chi connectivity index (χ0v) is 12.3. The summed E-state index contributed by atoms with van der Waals surface area (Å²) in [7, 11) is 1.41. The molecule has 0 spiro atoms. The average Bonchev–Trinajstić information content (AvgIpc) is 2.50. The summed E-state index contributed by atoms with van der Waals surface area (Å²) in [6, 6.07) is 3.39. The Morgan fingerprint density at radius 3 is 2.68 bits per heavy atom. The number of urea groups is 1. The molecule has 3 amide bonds. The van der Waals surface area contributed by atoms with Crippen molar-refractivity contribution in [1.82, 2.24) is 10.6 Å². The van der Waals surface area contributed by atoms with Crippen molar-refractivity contribution in [3.63, 3.8) is 0 Å². The summed E-state index contributed by atoms with van der Waals surface area (Å²) in [6.45, 7) is 2.13. The number of nitrogens with zero attached hydrogens (tertiary/aromatic N) is 1. The van der Waals surface area contributed by atoms with Gasteiger partial charge in [0.05, 0.1) is 24.3 Å². The molecule has 1 rings (SSSR count). The first-order chi connectivity index (χ1) is 10.5. The minimum absolute atomic E-state index is 0.135. The summed E-state index contributed by atoms with van der Waals surface area (Å²) >= 11 is 0. The fourth-order valence-corrected chi connectivity index (χ4v) is 1.58. The van der Waals surface area contributed by atoms with Crippen LogP contribution in [-0.2, 0) is 4.79 Å². The molecule has 1 aromatic rings. The molecule has 9 nitrogen and oxygen atoms in total. The molecule has 0 atom stereocenters. The van der Waals surface area contributed by atoms with E-state index < -0.39 is 16.9 Å². The van der Waals surface area contributed by atoms with Crippen molar-refractivity contribution >= 4 is 23.3 Å². The van der Waals surface area contributed by atoms with Crippen molar-refractivity contribution in [2.45, 2.75) is 13.3 Å². The van der Waals surface area contributed by atoms with Gasteiger partial charge in [0.1, 0.15) is 5.75 Å². The predicted molar refractivity (Wildman–Crippen MR) is 80.0 cm³/mol. The van der Waals surface area contributed by atoms with E-state index in [0.29, 0.717) is 18.0 Å². The second kappa shape index (κ2) is 8.45. The molecule has 22 heavy (non-hydrogen) atoms. The number of rotatable bonds is 7. The molecule has 0 fully saturated rings. The number of carbonyl (C=O) groups excluding carboxylic acids is 2. The molecule has 9 heteroatoms. The Balaban J connectivity index is 2.63. The number of hydrogen-bond donors (Lipinski definition) is 3. The standard InChI is InChI=1S/C13H18N4O5/c1-3-6-14-13(19)16-12(18)8-15-10-7-9(17(20)21)4-5-11(10)22-2/h4-5,7,15H,3,6,8H2,1-2H3,(H2,14,16,18,19). The third-order valence-electron chi connectivity index (χ3n) is 2.62. The Hall–Kier alpha value is -2.84. The highest BCUT2D eigenvalue weighted by molar-refractivity contribution is 5.96. The van der Waals surface area contributed by atoms with E-state index in [1.54, 1.807) is 0 Å². The smallest absolute Gasteiger partial charge is 0.321 e. The van der Waals surface area contributed by atoms with E-state index in [2.05, 4.69) is 16.0 Å². The van der Waals surface area contributed by atoms with Crippen molar-refractivity contribution in [1.29, 1.82) is 0 Å². The van der Waals surface area contributed by atoms with Crippen LogP contribution in [0, 0.1) is 10.1 Å². The van der Waals surface area contributed by atoms with E-state index in [-0.39, 0.29) is 12.2 Å². The molecule has 0 radical (unpaired) electrons. The molecule has 0 aromatic heterocycles. The van der Waals surface area contributed by atoms with Gasteiger partial charge in [0.2, 0.25) is 5.91 Å². The van der Waals surface area contributed by atoms with Crippen LogP contribution in [0.4, 0.5) is 16.2 Å². The van der Waals surface area contributed by atoms with Gasteiger partial charge in [0, 0.05) is 18.7 Å². The third kappa shape index (κ3) is 5.27. The van der Waals surface area contributed by atoms with Crippen LogP contribution < -0.4 is 20.7 Å². The lowest BCUT2D eigenvalue weighted by Crippen LogP contribution is -2.42. The lowest BCUT2D eigenvalue weighted by atomic mass is 10.2. The maximum atomic E-state index is 11.6. The van der Waals surface area contributed by atoms with E-state index in [0.717, 1.165) is 6.42 Å². The predicted octanol–water partition coefficient (Wildman–Crippen LogP) is 1.25. The van der Waals surface area contributed by atoms with Gasteiger partial charge >= 0.3 is 6.03 Å². The molecule has 3 N–H and O–H groups in total. The average molecular weight is 310 g/mol. The van der Waals surface area contributed by atoms with E-state index in [9.17, 15) is 19.7 Å². The molecule has 1 aromatic carbocycles. The second-order valence-electron chi connectivity index (χ2n) is 4.30. The summed E-state index contributed by atoms with van der Waals surface area (Å²) in [5.74, 6) is -0.212. The van der Waals surface area contributed by atoms with Crippen molar-refractivity contribution in [2.24, 2.45) is 0 Å². The lowest BCUT2D eigenvalue weighted by Gasteiger charge is -2.11. The number of nitro benzene ring substituents is 1. The highest BCUT2D eigenvalue weighted by Crippen LogP contribution is 2.28. The van der Waals surface area contributed by atoms with Gasteiger partial charge < -0.3 is 15.4 Å². The van der Waals surface area contributed by atoms with Gasteiger partial charge in [-0.05, 0) is 12.5 Å². The van der Waals surface area contributed by atoms with E-state index in [1.165, 1.54) is 25.3 Å². The monoisotopic (exact) mass is 310 g/mol. The van der Waals surface area contributed by atoms with Crippen LogP contribution in [0.3, 0.4) is 0 Å². The SMILES string of the molecule is CCCNC(=O)NC(=O)CNc1cc([N+](=O)[O-])ccc1OC. The van der Waals surface area contributed by atoms with Crippen molar-refractivity contribution in [3.8, 4) is 5.75 Å². The molecule has 0 saturated carbocycles. The number of nitro groups is 1. The molecule has 0 unspecified atom stereocenters. The highest BCUT2D eigenvalue weighted by Gasteiger charge is 2.13. The molecule has 0 bridgehead atoms. The number of amides is 3. The quantitative estimate of drug-likeness (QED) is 0.514. The fourth-order valence-electron chi connectivity index (χ4n) is 1.58. The zero-order chi connectivity index (χ0) is 16.5. The molecule has 0 aliphatic carbocycles. The number of imide groups is 1. The molecule has 0 heterocycles. The summed E-state index contributed by atoms with van der Waals surface area (Å²) in [5, 5.41) is 18.1. The Morgan fingerprint density at radius 1 is 1.36 bits per heavy atom. The van der Waals surface area contributed by atoms with Crippen LogP contribution >= 0.6 is 0 Å². The second-order valence-corrected chi connectivity index (χ2v) is 4.30.